The van der Waals surface area contributed by atoms with Gasteiger partial charge >= 0.3 is 5.97 Å². The molecule has 21 heavy (non-hydrogen) atoms. The molecule has 0 spiro atoms. The Morgan fingerprint density at radius 1 is 1.38 bits per heavy atom. The zero-order valence-electron chi connectivity index (χ0n) is 12.3. The van der Waals surface area contributed by atoms with Gasteiger partial charge in [-0.2, -0.15) is 0 Å². The first-order valence-electron chi connectivity index (χ1n) is 6.87. The molecule has 1 aromatic heterocycles. The Hall–Kier alpha value is -1.53. The number of nitrogens with zero attached hydrogens (tertiary/aromatic N) is 2. The van der Waals surface area contributed by atoms with E-state index in [1.54, 1.807) is 12.4 Å². The van der Waals surface area contributed by atoms with Crippen molar-refractivity contribution < 1.29 is 13.7 Å². The molecule has 6 heteroatoms. The van der Waals surface area contributed by atoms with Gasteiger partial charge in [-0.05, 0) is 38.0 Å². The predicted molar refractivity (Wildman–Crippen MR) is 79.5 cm³/mol. The Bertz CT molecular complexity index is 622. The van der Waals surface area contributed by atoms with E-state index in [-0.39, 0.29) is 29.4 Å². The van der Waals surface area contributed by atoms with Crippen LogP contribution in [0, 0.1) is 0 Å². The maximum absolute atomic E-state index is 12.7. The van der Waals surface area contributed by atoms with Gasteiger partial charge in [-0.1, -0.05) is 6.07 Å². The smallest absolute Gasteiger partial charge is 0.331 e. The molecule has 1 unspecified atom stereocenters. The number of ether oxygens (including phenoxy) is 1. The summed E-state index contributed by atoms with van der Waals surface area (Å²) in [5.41, 5.74) is 1.91. The van der Waals surface area contributed by atoms with Crippen molar-refractivity contribution in [2.24, 2.45) is 0 Å². The first kappa shape index (κ1) is 14.4. The topological polar surface area (TPSA) is 59.3 Å². The van der Waals surface area contributed by atoms with Crippen molar-refractivity contribution in [2.45, 2.75) is 37.6 Å². The summed E-state index contributed by atoms with van der Waals surface area (Å²) in [6.07, 6.45) is 5.02. The fourth-order valence-corrected chi connectivity index (χ4v) is 4.02. The van der Waals surface area contributed by atoms with E-state index in [1.807, 2.05) is 37.2 Å². The van der Waals surface area contributed by atoms with Gasteiger partial charge in [-0.15, -0.1) is 0 Å². The van der Waals surface area contributed by atoms with Gasteiger partial charge in [-0.3, -0.25) is 4.98 Å². The SMILES string of the molecule is CC(C)(C)[S@](=O)N1[C@H](C2=CC(=O)OC2)[C@@H]1c1cccnc1. The Balaban J connectivity index is 1.92. The quantitative estimate of drug-likeness (QED) is 0.630. The molecule has 0 bridgehead atoms. The summed E-state index contributed by atoms with van der Waals surface area (Å²) in [6.45, 7) is 6.13. The number of hydrogen-bond donors (Lipinski definition) is 0. The Labute approximate surface area is 126 Å². The maximum Gasteiger partial charge on any atom is 0.331 e. The van der Waals surface area contributed by atoms with E-state index >= 15 is 0 Å². The molecular formula is C15H18N2O3S. The van der Waals surface area contributed by atoms with Gasteiger partial charge in [0, 0.05) is 18.5 Å². The van der Waals surface area contributed by atoms with Crippen LogP contribution < -0.4 is 0 Å². The third-order valence-electron chi connectivity index (χ3n) is 3.56. The second kappa shape index (κ2) is 5.03. The Kier molecular flexibility index (Phi) is 3.45. The zero-order valence-corrected chi connectivity index (χ0v) is 13.1. The van der Waals surface area contributed by atoms with Crippen molar-refractivity contribution in [2.75, 3.05) is 6.61 Å². The van der Waals surface area contributed by atoms with Crippen molar-refractivity contribution >= 4 is 17.0 Å². The second-order valence-corrected chi connectivity index (χ2v) is 8.37. The number of hydrogen-bond acceptors (Lipinski definition) is 4. The summed E-state index contributed by atoms with van der Waals surface area (Å²) >= 11 is 0. The van der Waals surface area contributed by atoms with Crippen molar-refractivity contribution in [3.63, 3.8) is 0 Å². The fraction of sp³-hybridized carbons (Fsp3) is 0.467. The van der Waals surface area contributed by atoms with Gasteiger partial charge in [0.15, 0.2) is 0 Å². The summed E-state index contributed by atoms with van der Waals surface area (Å²) in [7, 11) is -1.15. The average Bonchev–Trinajstić information content (AvgIpc) is 3.04. The van der Waals surface area contributed by atoms with Crippen molar-refractivity contribution in [3.05, 3.63) is 41.7 Å². The highest BCUT2D eigenvalue weighted by Crippen LogP contribution is 2.50. The molecule has 0 aliphatic carbocycles. The van der Waals surface area contributed by atoms with E-state index in [1.165, 1.54) is 6.08 Å². The molecule has 1 aromatic rings. The first-order valence-corrected chi connectivity index (χ1v) is 7.98. The van der Waals surface area contributed by atoms with Crippen LogP contribution in [-0.2, 0) is 20.5 Å². The number of rotatable bonds is 3. The minimum absolute atomic E-state index is 0.000455. The molecule has 1 saturated heterocycles. The summed E-state index contributed by atoms with van der Waals surface area (Å²) in [6, 6.07) is 3.80. The van der Waals surface area contributed by atoms with Crippen LogP contribution in [-0.4, -0.2) is 36.9 Å². The maximum atomic E-state index is 12.7. The Morgan fingerprint density at radius 2 is 2.14 bits per heavy atom. The molecule has 2 aliphatic rings. The molecule has 0 N–H and O–H groups in total. The largest absolute Gasteiger partial charge is 0.458 e. The minimum atomic E-state index is -1.15. The van der Waals surface area contributed by atoms with Gasteiger partial charge in [0.1, 0.15) is 17.6 Å². The Morgan fingerprint density at radius 3 is 2.67 bits per heavy atom. The summed E-state index contributed by atoms with van der Waals surface area (Å²) in [5, 5.41) is 0. The molecule has 0 aromatic carbocycles. The summed E-state index contributed by atoms with van der Waals surface area (Å²) in [5.74, 6) is -0.316. The van der Waals surface area contributed by atoms with E-state index in [9.17, 15) is 9.00 Å². The van der Waals surface area contributed by atoms with Crippen LogP contribution in [0.3, 0.4) is 0 Å². The number of aromatic nitrogens is 1. The zero-order chi connectivity index (χ0) is 15.2. The molecule has 0 saturated carbocycles. The van der Waals surface area contributed by atoms with Crippen molar-refractivity contribution in [3.8, 4) is 0 Å². The molecule has 1 fully saturated rings. The molecule has 0 radical (unpaired) electrons. The normalized spacial score (nSPS) is 29.8. The molecule has 2 aliphatic heterocycles. The number of cyclic esters (lactones) is 1. The fourth-order valence-electron chi connectivity index (χ4n) is 2.54. The standard InChI is InChI=1S/C15H18N2O3S/c1-15(2,3)21(19)17-13(10-5-4-6-16-8-10)14(17)11-7-12(18)20-9-11/h4-8,13-14H,9H2,1-3H3/t13-,14+,17?,21-/m0/s1. The summed E-state index contributed by atoms with van der Waals surface area (Å²) < 4.78 is 19.3. The lowest BCUT2D eigenvalue weighted by Gasteiger charge is -2.19. The lowest BCUT2D eigenvalue weighted by atomic mass is 10.1. The van der Waals surface area contributed by atoms with Gasteiger partial charge in [0.2, 0.25) is 0 Å². The third kappa shape index (κ3) is 2.65. The highest BCUT2D eigenvalue weighted by atomic mass is 32.2. The highest BCUT2D eigenvalue weighted by molar-refractivity contribution is 7.84. The van der Waals surface area contributed by atoms with E-state index < -0.39 is 11.0 Å². The van der Waals surface area contributed by atoms with Crippen LogP contribution >= 0.6 is 0 Å². The molecule has 4 atom stereocenters. The van der Waals surface area contributed by atoms with Gasteiger partial charge < -0.3 is 4.74 Å². The van der Waals surface area contributed by atoms with E-state index in [0.717, 1.165) is 11.1 Å². The lowest BCUT2D eigenvalue weighted by molar-refractivity contribution is -0.134. The number of carbonyl (C=O) groups excluding carboxylic acids is 1. The molecule has 0 amide bonds. The van der Waals surface area contributed by atoms with Crippen molar-refractivity contribution in [1.29, 1.82) is 0 Å². The number of esters is 1. The molecule has 112 valence electrons. The van der Waals surface area contributed by atoms with E-state index in [0.29, 0.717) is 0 Å². The van der Waals surface area contributed by atoms with E-state index in [2.05, 4.69) is 4.98 Å². The van der Waals surface area contributed by atoms with Crippen LogP contribution in [0.2, 0.25) is 0 Å². The van der Waals surface area contributed by atoms with E-state index in [4.69, 9.17) is 4.74 Å². The predicted octanol–water partition coefficient (Wildman–Crippen LogP) is 1.75. The van der Waals surface area contributed by atoms with Crippen LogP contribution in [0.15, 0.2) is 36.2 Å². The van der Waals surface area contributed by atoms with Gasteiger partial charge in [-0.25, -0.2) is 13.3 Å². The molecule has 3 rings (SSSR count). The highest BCUT2D eigenvalue weighted by Gasteiger charge is 2.57. The van der Waals surface area contributed by atoms with Gasteiger partial charge in [0.25, 0.3) is 0 Å². The number of carbonyl (C=O) groups is 1. The molecular weight excluding hydrogens is 288 g/mol. The van der Waals surface area contributed by atoms with Crippen LogP contribution in [0.1, 0.15) is 32.4 Å². The molecule has 3 heterocycles. The number of pyridine rings is 1. The first-order chi connectivity index (χ1) is 9.89. The molecule has 5 nitrogen and oxygen atoms in total. The second-order valence-electron chi connectivity index (χ2n) is 6.22. The monoisotopic (exact) mass is 306 g/mol. The third-order valence-corrected chi connectivity index (χ3v) is 5.45. The van der Waals surface area contributed by atoms with Crippen LogP contribution in [0.5, 0.6) is 0 Å². The van der Waals surface area contributed by atoms with Gasteiger partial charge in [0.05, 0.1) is 16.8 Å². The lowest BCUT2D eigenvalue weighted by Crippen LogP contribution is -2.28. The van der Waals surface area contributed by atoms with Crippen LogP contribution in [0.4, 0.5) is 0 Å². The minimum Gasteiger partial charge on any atom is -0.458 e. The summed E-state index contributed by atoms with van der Waals surface area (Å²) in [4.78, 5) is 15.4. The van der Waals surface area contributed by atoms with Crippen LogP contribution in [0.25, 0.3) is 0 Å². The van der Waals surface area contributed by atoms with Crippen molar-refractivity contribution in [1.82, 2.24) is 9.29 Å². The average molecular weight is 306 g/mol.